The highest BCUT2D eigenvalue weighted by Crippen LogP contribution is 2.41. The lowest BCUT2D eigenvalue weighted by atomic mass is 10.0. The number of rotatable bonds is 7. The molecule has 122 valence electrons. The van der Waals surface area contributed by atoms with Gasteiger partial charge in [0.15, 0.2) is 0 Å². The zero-order valence-electron chi connectivity index (χ0n) is 13.8. The molecular formula is C18H24N4O. The Morgan fingerprint density at radius 1 is 1.39 bits per heavy atom. The Hall–Kier alpha value is -2.17. The van der Waals surface area contributed by atoms with Crippen molar-refractivity contribution in [3.63, 3.8) is 0 Å². The molecule has 2 aromatic heterocycles. The first-order valence-electron chi connectivity index (χ1n) is 8.40. The molecule has 0 spiro atoms. The molecule has 0 bridgehead atoms. The molecule has 2 heterocycles. The van der Waals surface area contributed by atoms with Gasteiger partial charge in [-0.2, -0.15) is 0 Å². The van der Waals surface area contributed by atoms with Gasteiger partial charge in [-0.15, -0.1) is 0 Å². The Bertz CT molecular complexity index is 675. The predicted octanol–water partition coefficient (Wildman–Crippen LogP) is 2.81. The molecule has 0 aliphatic heterocycles. The molecule has 5 nitrogen and oxygen atoms in total. The van der Waals surface area contributed by atoms with E-state index in [0.717, 1.165) is 23.5 Å². The van der Waals surface area contributed by atoms with Gasteiger partial charge in [-0.05, 0) is 37.3 Å². The fourth-order valence-corrected chi connectivity index (χ4v) is 2.99. The first-order valence-corrected chi connectivity index (χ1v) is 8.40. The first-order chi connectivity index (χ1) is 11.2. The molecule has 0 aromatic carbocycles. The summed E-state index contributed by atoms with van der Waals surface area (Å²) >= 11 is 0. The summed E-state index contributed by atoms with van der Waals surface area (Å²) in [4.78, 5) is 21.2. The molecule has 1 saturated carbocycles. The molecule has 1 atom stereocenters. The summed E-state index contributed by atoms with van der Waals surface area (Å²) in [6.07, 6.45) is 9.23. The van der Waals surface area contributed by atoms with Crippen LogP contribution >= 0.6 is 0 Å². The predicted molar refractivity (Wildman–Crippen MR) is 88.8 cm³/mol. The van der Waals surface area contributed by atoms with Crippen LogP contribution in [-0.4, -0.2) is 20.4 Å². The number of nitrogens with zero attached hydrogens (tertiary/aromatic N) is 3. The molecule has 2 aromatic rings. The number of aromatic nitrogens is 3. The summed E-state index contributed by atoms with van der Waals surface area (Å²) in [5.74, 6) is 1.65. The van der Waals surface area contributed by atoms with Crippen LogP contribution in [0, 0.1) is 12.8 Å². The lowest BCUT2D eigenvalue weighted by molar-refractivity contribution is -0.122. The Labute approximate surface area is 137 Å². The third-order valence-corrected chi connectivity index (χ3v) is 4.45. The van der Waals surface area contributed by atoms with E-state index >= 15 is 0 Å². The minimum Gasteiger partial charge on any atom is -0.347 e. The van der Waals surface area contributed by atoms with E-state index in [1.54, 1.807) is 6.20 Å². The minimum absolute atomic E-state index is 0.0529. The second kappa shape index (κ2) is 6.94. The maximum absolute atomic E-state index is 12.4. The number of hydrogen-bond donors (Lipinski definition) is 1. The maximum atomic E-state index is 12.4. The number of nitrogens with one attached hydrogen (secondary N) is 1. The van der Waals surface area contributed by atoms with Crippen molar-refractivity contribution in [2.75, 3.05) is 0 Å². The van der Waals surface area contributed by atoms with E-state index in [1.165, 1.54) is 12.8 Å². The van der Waals surface area contributed by atoms with Crippen molar-refractivity contribution < 1.29 is 4.79 Å². The molecule has 1 aliphatic carbocycles. The van der Waals surface area contributed by atoms with Gasteiger partial charge >= 0.3 is 0 Å². The van der Waals surface area contributed by atoms with Crippen LogP contribution in [0.4, 0.5) is 0 Å². The lowest BCUT2D eigenvalue weighted by Gasteiger charge is -2.19. The van der Waals surface area contributed by atoms with Gasteiger partial charge in [0.05, 0.1) is 11.7 Å². The van der Waals surface area contributed by atoms with Crippen molar-refractivity contribution in [3.8, 4) is 0 Å². The van der Waals surface area contributed by atoms with Gasteiger partial charge in [0.2, 0.25) is 5.91 Å². The van der Waals surface area contributed by atoms with Crippen molar-refractivity contribution in [2.24, 2.45) is 5.92 Å². The molecule has 1 fully saturated rings. The molecule has 0 unspecified atom stereocenters. The van der Waals surface area contributed by atoms with Crippen LogP contribution in [0.3, 0.4) is 0 Å². The Morgan fingerprint density at radius 3 is 2.91 bits per heavy atom. The second-order valence-electron chi connectivity index (χ2n) is 6.23. The number of hydrogen-bond acceptors (Lipinski definition) is 3. The van der Waals surface area contributed by atoms with Gasteiger partial charge in [0, 0.05) is 38.0 Å². The highest BCUT2D eigenvalue weighted by Gasteiger charge is 2.34. The van der Waals surface area contributed by atoms with E-state index in [2.05, 4.69) is 39.8 Å². The number of carbonyl (C=O) groups is 1. The Balaban J connectivity index is 1.62. The van der Waals surface area contributed by atoms with Crippen LogP contribution in [-0.2, 0) is 17.8 Å². The highest BCUT2D eigenvalue weighted by molar-refractivity contribution is 5.76. The largest absolute Gasteiger partial charge is 0.347 e. The number of imidazole rings is 1. The van der Waals surface area contributed by atoms with Crippen molar-refractivity contribution >= 4 is 5.91 Å². The standard InChI is InChI=1S/C18H24N4O/c1-3-15-19-10-12-22(15)11-8-16(23)21-18(14-6-7-14)17-13(2)5-4-9-20-17/h4-5,9-10,12,14,18H,3,6-8,11H2,1-2H3,(H,21,23)/t18-/m1/s1. The van der Waals surface area contributed by atoms with E-state index in [0.29, 0.717) is 18.9 Å². The van der Waals surface area contributed by atoms with Crippen LogP contribution in [0.2, 0.25) is 0 Å². The maximum Gasteiger partial charge on any atom is 0.222 e. The van der Waals surface area contributed by atoms with Gasteiger partial charge < -0.3 is 9.88 Å². The lowest BCUT2D eigenvalue weighted by Crippen LogP contribution is -2.31. The monoisotopic (exact) mass is 312 g/mol. The van der Waals surface area contributed by atoms with Gasteiger partial charge in [-0.1, -0.05) is 13.0 Å². The molecule has 1 N–H and O–H groups in total. The number of amides is 1. The van der Waals surface area contributed by atoms with E-state index in [9.17, 15) is 4.79 Å². The summed E-state index contributed by atoms with van der Waals surface area (Å²) in [7, 11) is 0. The second-order valence-corrected chi connectivity index (χ2v) is 6.23. The summed E-state index contributed by atoms with van der Waals surface area (Å²) in [6.45, 7) is 4.81. The summed E-state index contributed by atoms with van der Waals surface area (Å²) in [5.41, 5.74) is 2.16. The minimum atomic E-state index is 0.0529. The molecule has 23 heavy (non-hydrogen) atoms. The van der Waals surface area contributed by atoms with Crippen molar-refractivity contribution in [3.05, 3.63) is 47.8 Å². The van der Waals surface area contributed by atoms with Crippen molar-refractivity contribution in [1.29, 1.82) is 0 Å². The van der Waals surface area contributed by atoms with Gasteiger partial charge in [0.25, 0.3) is 0 Å². The molecular weight excluding hydrogens is 288 g/mol. The molecule has 5 heteroatoms. The zero-order chi connectivity index (χ0) is 16.2. The highest BCUT2D eigenvalue weighted by atomic mass is 16.1. The van der Waals surface area contributed by atoms with Gasteiger partial charge in [0.1, 0.15) is 5.82 Å². The smallest absolute Gasteiger partial charge is 0.222 e. The number of carbonyl (C=O) groups excluding carboxylic acids is 1. The van der Waals surface area contributed by atoms with Crippen LogP contribution in [0.1, 0.15) is 49.3 Å². The van der Waals surface area contributed by atoms with Gasteiger partial charge in [-0.3, -0.25) is 9.78 Å². The number of pyridine rings is 1. The van der Waals surface area contributed by atoms with Gasteiger partial charge in [-0.25, -0.2) is 4.98 Å². The summed E-state index contributed by atoms with van der Waals surface area (Å²) < 4.78 is 2.05. The van der Waals surface area contributed by atoms with E-state index < -0.39 is 0 Å². The Morgan fingerprint density at radius 2 is 2.22 bits per heavy atom. The fourth-order valence-electron chi connectivity index (χ4n) is 2.99. The number of aryl methyl sites for hydroxylation is 3. The van der Waals surface area contributed by atoms with E-state index in [-0.39, 0.29) is 11.9 Å². The average molecular weight is 312 g/mol. The van der Waals surface area contributed by atoms with E-state index in [1.807, 2.05) is 18.5 Å². The fraction of sp³-hybridized carbons (Fsp3) is 0.500. The molecule has 0 saturated heterocycles. The summed E-state index contributed by atoms with van der Waals surface area (Å²) in [5, 5.41) is 3.20. The van der Waals surface area contributed by atoms with Crippen molar-refractivity contribution in [1.82, 2.24) is 19.9 Å². The van der Waals surface area contributed by atoms with Crippen LogP contribution in [0.25, 0.3) is 0 Å². The van der Waals surface area contributed by atoms with Crippen LogP contribution in [0.5, 0.6) is 0 Å². The molecule has 3 rings (SSSR count). The topological polar surface area (TPSA) is 59.8 Å². The van der Waals surface area contributed by atoms with Crippen LogP contribution in [0.15, 0.2) is 30.7 Å². The third kappa shape index (κ3) is 3.78. The first kappa shape index (κ1) is 15.7. The molecule has 1 amide bonds. The average Bonchev–Trinajstić information content (AvgIpc) is 3.29. The zero-order valence-corrected chi connectivity index (χ0v) is 13.8. The van der Waals surface area contributed by atoms with E-state index in [4.69, 9.17) is 0 Å². The SMILES string of the molecule is CCc1nccn1CCC(=O)N[C@@H](c1ncccc1C)C1CC1. The quantitative estimate of drug-likeness (QED) is 0.855. The van der Waals surface area contributed by atoms with Crippen molar-refractivity contribution in [2.45, 2.75) is 52.1 Å². The third-order valence-electron chi connectivity index (χ3n) is 4.45. The Kier molecular flexibility index (Phi) is 4.74. The summed E-state index contributed by atoms with van der Waals surface area (Å²) in [6, 6.07) is 4.05. The van der Waals surface area contributed by atoms with Crippen LogP contribution < -0.4 is 5.32 Å². The molecule has 0 radical (unpaired) electrons. The molecule has 1 aliphatic rings. The normalized spacial score (nSPS) is 15.4.